The number of unbranched alkanes of at least 4 members (excludes halogenated alkanes) is 1. The quantitative estimate of drug-likeness (QED) is 0.875. The third-order valence-corrected chi connectivity index (χ3v) is 4.01. The Bertz CT molecular complexity index is 393. The van der Waals surface area contributed by atoms with Crippen molar-refractivity contribution >= 4 is 34.8 Å². The lowest BCUT2D eigenvalue weighted by atomic mass is 9.99. The molecule has 2 heterocycles. The van der Waals surface area contributed by atoms with Crippen molar-refractivity contribution in [3.63, 3.8) is 0 Å². The number of aryl methyl sites for hydroxylation is 1. The van der Waals surface area contributed by atoms with E-state index in [4.69, 9.17) is 0 Å². The molecule has 0 aromatic carbocycles. The molecule has 2 N–H and O–H groups in total. The van der Waals surface area contributed by atoms with Crippen LogP contribution < -0.4 is 10.6 Å². The number of amides is 1. The highest BCUT2D eigenvalue weighted by atomic mass is 35.5. The fourth-order valence-electron chi connectivity index (χ4n) is 2.02. The number of nitrogens with one attached hydrogen (secondary N) is 2. The maximum absolute atomic E-state index is 12.0. The lowest BCUT2D eigenvalue weighted by Gasteiger charge is -2.20. The number of rotatable bonds is 5. The van der Waals surface area contributed by atoms with Gasteiger partial charge in [0.05, 0.1) is 5.92 Å². The first kappa shape index (κ1) is 16.3. The fraction of sp³-hybridized carbons (Fsp3) is 0.750. The van der Waals surface area contributed by atoms with Gasteiger partial charge in [-0.15, -0.1) is 22.6 Å². The summed E-state index contributed by atoms with van der Waals surface area (Å²) in [4.78, 5) is 12.0. The zero-order valence-corrected chi connectivity index (χ0v) is 12.8. The van der Waals surface area contributed by atoms with Crippen LogP contribution in [-0.2, 0) is 11.2 Å². The number of hydrogen-bond acceptors (Lipinski definition) is 5. The summed E-state index contributed by atoms with van der Waals surface area (Å²) in [6, 6.07) is 0. The second kappa shape index (κ2) is 8.45. The minimum Gasteiger partial charge on any atom is -0.316 e. The SMILES string of the molecule is CCCCc1nnc(NC(=O)C2CCCNC2)s1.Cl. The predicted octanol–water partition coefficient (Wildman–Crippen LogP) is 2.24. The summed E-state index contributed by atoms with van der Waals surface area (Å²) in [5.41, 5.74) is 0. The topological polar surface area (TPSA) is 66.9 Å². The van der Waals surface area contributed by atoms with Gasteiger partial charge in [-0.25, -0.2) is 0 Å². The molecule has 2 rings (SSSR count). The van der Waals surface area contributed by atoms with Gasteiger partial charge < -0.3 is 10.6 Å². The number of aromatic nitrogens is 2. The monoisotopic (exact) mass is 304 g/mol. The third kappa shape index (κ3) is 5.04. The van der Waals surface area contributed by atoms with Crippen LogP contribution in [0.1, 0.15) is 37.6 Å². The Hall–Kier alpha value is -0.720. The molecule has 19 heavy (non-hydrogen) atoms. The maximum Gasteiger partial charge on any atom is 0.230 e. The molecule has 0 spiro atoms. The smallest absolute Gasteiger partial charge is 0.230 e. The van der Waals surface area contributed by atoms with Crippen molar-refractivity contribution in [1.82, 2.24) is 15.5 Å². The van der Waals surface area contributed by atoms with Crippen LogP contribution in [0.4, 0.5) is 5.13 Å². The Labute approximate surface area is 124 Å². The molecule has 1 fully saturated rings. The molecule has 0 radical (unpaired) electrons. The summed E-state index contributed by atoms with van der Waals surface area (Å²) in [7, 11) is 0. The van der Waals surface area contributed by atoms with E-state index in [1.54, 1.807) is 0 Å². The van der Waals surface area contributed by atoms with Crippen molar-refractivity contribution in [2.75, 3.05) is 18.4 Å². The molecular weight excluding hydrogens is 284 g/mol. The van der Waals surface area contributed by atoms with Gasteiger partial charge in [0.2, 0.25) is 11.0 Å². The van der Waals surface area contributed by atoms with Crippen molar-refractivity contribution in [3.8, 4) is 0 Å². The Morgan fingerprint density at radius 3 is 3.05 bits per heavy atom. The van der Waals surface area contributed by atoms with Crippen molar-refractivity contribution in [1.29, 1.82) is 0 Å². The van der Waals surface area contributed by atoms with E-state index in [1.165, 1.54) is 11.3 Å². The van der Waals surface area contributed by atoms with Crippen LogP contribution in [-0.4, -0.2) is 29.2 Å². The van der Waals surface area contributed by atoms with Crippen LogP contribution in [0.15, 0.2) is 0 Å². The van der Waals surface area contributed by atoms with Crippen molar-refractivity contribution < 1.29 is 4.79 Å². The van der Waals surface area contributed by atoms with Crippen LogP contribution in [0.5, 0.6) is 0 Å². The molecule has 1 saturated heterocycles. The van der Waals surface area contributed by atoms with E-state index in [1.807, 2.05) is 0 Å². The second-order valence-electron chi connectivity index (χ2n) is 4.64. The molecule has 1 aromatic rings. The number of anilines is 1. The largest absolute Gasteiger partial charge is 0.316 e. The van der Waals surface area contributed by atoms with E-state index in [-0.39, 0.29) is 24.2 Å². The molecule has 1 aliphatic rings. The summed E-state index contributed by atoms with van der Waals surface area (Å²) in [6.07, 6.45) is 5.25. The Balaban J connectivity index is 0.00000180. The fourth-order valence-corrected chi connectivity index (χ4v) is 2.80. The number of hydrogen-bond donors (Lipinski definition) is 2. The van der Waals surface area contributed by atoms with Gasteiger partial charge in [-0.1, -0.05) is 24.7 Å². The molecule has 7 heteroatoms. The highest BCUT2D eigenvalue weighted by Crippen LogP contribution is 2.19. The van der Waals surface area contributed by atoms with Crippen molar-refractivity contribution in [2.24, 2.45) is 5.92 Å². The Kier molecular flexibility index (Phi) is 7.27. The second-order valence-corrected chi connectivity index (χ2v) is 5.70. The van der Waals surface area contributed by atoms with Crippen LogP contribution in [0.3, 0.4) is 0 Å². The zero-order chi connectivity index (χ0) is 12.8. The van der Waals surface area contributed by atoms with Gasteiger partial charge in [0.15, 0.2) is 0 Å². The molecule has 1 amide bonds. The summed E-state index contributed by atoms with van der Waals surface area (Å²) >= 11 is 1.49. The number of carbonyl (C=O) groups is 1. The number of piperidine rings is 1. The first-order valence-corrected chi connectivity index (χ1v) is 7.45. The van der Waals surface area contributed by atoms with Gasteiger partial charge in [0.1, 0.15) is 5.01 Å². The third-order valence-electron chi connectivity index (χ3n) is 3.11. The normalized spacial score (nSPS) is 18.7. The van der Waals surface area contributed by atoms with Crippen LogP contribution in [0.2, 0.25) is 0 Å². The van der Waals surface area contributed by atoms with Crippen LogP contribution >= 0.6 is 23.7 Å². The van der Waals surface area contributed by atoms with Crippen LogP contribution in [0, 0.1) is 5.92 Å². The minimum absolute atomic E-state index is 0. The van der Waals surface area contributed by atoms with Gasteiger partial charge in [-0.05, 0) is 25.8 Å². The molecule has 1 aliphatic heterocycles. The number of halogens is 1. The van der Waals surface area contributed by atoms with E-state index in [2.05, 4.69) is 27.8 Å². The lowest BCUT2D eigenvalue weighted by molar-refractivity contribution is -0.120. The van der Waals surface area contributed by atoms with E-state index in [0.29, 0.717) is 5.13 Å². The molecule has 5 nitrogen and oxygen atoms in total. The predicted molar refractivity (Wildman–Crippen MR) is 80.0 cm³/mol. The maximum atomic E-state index is 12.0. The molecule has 108 valence electrons. The molecule has 0 bridgehead atoms. The van der Waals surface area contributed by atoms with E-state index in [0.717, 1.165) is 50.2 Å². The molecular formula is C12H21ClN4OS. The van der Waals surface area contributed by atoms with Crippen molar-refractivity contribution in [3.05, 3.63) is 5.01 Å². The van der Waals surface area contributed by atoms with Gasteiger partial charge in [0, 0.05) is 13.0 Å². The number of nitrogens with zero attached hydrogens (tertiary/aromatic N) is 2. The average Bonchev–Trinajstić information content (AvgIpc) is 2.85. The zero-order valence-electron chi connectivity index (χ0n) is 11.1. The molecule has 1 aromatic heterocycles. The highest BCUT2D eigenvalue weighted by Gasteiger charge is 2.21. The first-order valence-electron chi connectivity index (χ1n) is 6.63. The summed E-state index contributed by atoms with van der Waals surface area (Å²) in [5.74, 6) is 0.141. The summed E-state index contributed by atoms with van der Waals surface area (Å²) in [5, 5.41) is 15.9. The summed E-state index contributed by atoms with van der Waals surface area (Å²) < 4.78 is 0. The van der Waals surface area contributed by atoms with Gasteiger partial charge in [-0.2, -0.15) is 0 Å². The van der Waals surface area contributed by atoms with E-state index in [9.17, 15) is 4.79 Å². The van der Waals surface area contributed by atoms with Crippen LogP contribution in [0.25, 0.3) is 0 Å². The Morgan fingerprint density at radius 2 is 2.37 bits per heavy atom. The standard InChI is InChI=1S/C12H20N4OS.ClH/c1-2-3-6-10-15-16-12(18-10)14-11(17)9-5-4-7-13-8-9;/h9,13H,2-8H2,1H3,(H,14,16,17);1H. The molecule has 1 unspecified atom stereocenters. The minimum atomic E-state index is 0. The highest BCUT2D eigenvalue weighted by molar-refractivity contribution is 7.15. The van der Waals surface area contributed by atoms with E-state index >= 15 is 0 Å². The lowest BCUT2D eigenvalue weighted by Crippen LogP contribution is -2.37. The molecule has 0 saturated carbocycles. The Morgan fingerprint density at radius 1 is 1.53 bits per heavy atom. The summed E-state index contributed by atoms with van der Waals surface area (Å²) in [6.45, 7) is 3.94. The first-order chi connectivity index (χ1) is 8.79. The van der Waals surface area contributed by atoms with Gasteiger partial charge in [0.25, 0.3) is 0 Å². The molecule has 0 aliphatic carbocycles. The van der Waals surface area contributed by atoms with E-state index < -0.39 is 0 Å². The molecule has 1 atom stereocenters. The van der Waals surface area contributed by atoms with Gasteiger partial charge >= 0.3 is 0 Å². The average molecular weight is 305 g/mol. The van der Waals surface area contributed by atoms with Gasteiger partial charge in [-0.3, -0.25) is 4.79 Å². The van der Waals surface area contributed by atoms with Crippen molar-refractivity contribution in [2.45, 2.75) is 39.0 Å². The number of carbonyl (C=O) groups excluding carboxylic acids is 1.